The van der Waals surface area contributed by atoms with Gasteiger partial charge < -0.3 is 19.7 Å². The number of nitrogens with one attached hydrogen (secondary N) is 1. The van der Waals surface area contributed by atoms with Gasteiger partial charge in [-0.3, -0.25) is 14.0 Å². The SMILES string of the molecule is CNC(=O)[C@]12C[C@@H](C)CN1c1cc(OCc3cc(F)c(Oc4cnn(C)c4)c(F)c3)nc(=O)n1C2. The molecular weight excluding hydrogens is 462 g/mol. The summed E-state index contributed by atoms with van der Waals surface area (Å²) in [5.41, 5.74) is -1.22. The molecule has 12 heteroatoms. The van der Waals surface area contributed by atoms with Gasteiger partial charge in [0.25, 0.3) is 0 Å². The standard InChI is InChI=1S/C23H24F2N6O4/c1-13-7-23(21(32)26-2)12-30-19(31(23)9-13)6-18(28-22(30)33)34-11-14-4-16(24)20(17(25)5-14)35-15-8-27-29(3)10-15/h4-6,8,10,13H,7,9,11-12H2,1-3H3,(H,26,32)/t13-,23-/m1/s1. The number of rotatable bonds is 6. The number of ether oxygens (including phenoxy) is 2. The number of nitrogens with zero attached hydrogens (tertiary/aromatic N) is 5. The Balaban J connectivity index is 1.36. The van der Waals surface area contributed by atoms with Crippen LogP contribution >= 0.6 is 0 Å². The van der Waals surface area contributed by atoms with E-state index in [1.54, 1.807) is 20.2 Å². The van der Waals surface area contributed by atoms with Crippen molar-refractivity contribution in [3.8, 4) is 17.4 Å². The summed E-state index contributed by atoms with van der Waals surface area (Å²) in [5.74, 6) is -1.54. The van der Waals surface area contributed by atoms with Crippen LogP contribution in [0, 0.1) is 17.6 Å². The number of aryl methyl sites for hydroxylation is 1. The highest BCUT2D eigenvalue weighted by atomic mass is 19.1. The van der Waals surface area contributed by atoms with E-state index in [2.05, 4.69) is 22.3 Å². The molecule has 1 amide bonds. The second-order valence-electron chi connectivity index (χ2n) is 8.98. The number of carbonyl (C=O) groups excluding carboxylic acids is 1. The first-order valence-electron chi connectivity index (χ1n) is 11.1. The summed E-state index contributed by atoms with van der Waals surface area (Å²) in [6.07, 6.45) is 3.43. The lowest BCUT2D eigenvalue weighted by atomic mass is 9.92. The predicted molar refractivity (Wildman–Crippen MR) is 120 cm³/mol. The molecule has 0 aliphatic carbocycles. The fraction of sp³-hybridized carbons (Fsp3) is 0.391. The van der Waals surface area contributed by atoms with Crippen LogP contribution in [0.4, 0.5) is 14.6 Å². The van der Waals surface area contributed by atoms with Gasteiger partial charge in [0.1, 0.15) is 18.0 Å². The van der Waals surface area contributed by atoms with Gasteiger partial charge in [-0.1, -0.05) is 6.92 Å². The molecule has 0 radical (unpaired) electrons. The first kappa shape index (κ1) is 22.8. The Kier molecular flexibility index (Phi) is 5.45. The molecule has 2 aliphatic rings. The van der Waals surface area contributed by atoms with E-state index in [0.29, 0.717) is 18.8 Å². The van der Waals surface area contributed by atoms with Crippen LogP contribution in [0.15, 0.2) is 35.4 Å². The maximum atomic E-state index is 14.5. The van der Waals surface area contributed by atoms with Crippen LogP contribution < -0.4 is 25.4 Å². The molecule has 1 saturated heterocycles. The first-order valence-corrected chi connectivity index (χ1v) is 11.1. The van der Waals surface area contributed by atoms with E-state index in [1.807, 2.05) is 4.90 Å². The number of amides is 1. The maximum absolute atomic E-state index is 14.5. The third-order valence-corrected chi connectivity index (χ3v) is 6.35. The maximum Gasteiger partial charge on any atom is 0.352 e. The van der Waals surface area contributed by atoms with E-state index in [1.165, 1.54) is 21.6 Å². The Bertz CT molecular complexity index is 1350. The number of fused-ring (bicyclic) bond motifs is 3. The molecular formula is C23H24F2N6O4. The van der Waals surface area contributed by atoms with Crippen molar-refractivity contribution in [2.24, 2.45) is 13.0 Å². The van der Waals surface area contributed by atoms with Gasteiger partial charge in [0.15, 0.2) is 23.1 Å². The van der Waals surface area contributed by atoms with Crippen LogP contribution in [0.5, 0.6) is 17.4 Å². The van der Waals surface area contributed by atoms with Crippen LogP contribution in [0.2, 0.25) is 0 Å². The summed E-state index contributed by atoms with van der Waals surface area (Å²) < 4.78 is 42.9. The van der Waals surface area contributed by atoms with E-state index in [-0.39, 0.29) is 42.2 Å². The van der Waals surface area contributed by atoms with Gasteiger partial charge in [0.2, 0.25) is 11.8 Å². The van der Waals surface area contributed by atoms with Gasteiger partial charge in [-0.15, -0.1) is 0 Å². The third-order valence-electron chi connectivity index (χ3n) is 6.35. The number of anilines is 1. The molecule has 0 spiro atoms. The number of hydrogen-bond donors (Lipinski definition) is 1. The third kappa shape index (κ3) is 3.88. The zero-order valence-electron chi connectivity index (χ0n) is 19.4. The number of aromatic nitrogens is 4. The van der Waals surface area contributed by atoms with Crippen LogP contribution in [-0.4, -0.2) is 44.4 Å². The lowest BCUT2D eigenvalue weighted by molar-refractivity contribution is -0.125. The van der Waals surface area contributed by atoms with Crippen molar-refractivity contribution in [2.45, 2.75) is 32.0 Å². The van der Waals surface area contributed by atoms with E-state index in [0.717, 1.165) is 12.1 Å². The summed E-state index contributed by atoms with van der Waals surface area (Å²) in [6.45, 7) is 2.63. The largest absolute Gasteiger partial charge is 0.473 e. The van der Waals surface area contributed by atoms with E-state index >= 15 is 0 Å². The molecule has 35 heavy (non-hydrogen) atoms. The topological polar surface area (TPSA) is 104 Å². The summed E-state index contributed by atoms with van der Waals surface area (Å²) in [4.78, 5) is 31.3. The second kappa shape index (κ2) is 8.36. The normalized spacial score (nSPS) is 20.5. The minimum atomic E-state index is -0.907. The molecule has 2 atom stereocenters. The smallest absolute Gasteiger partial charge is 0.352 e. The number of benzene rings is 1. The first-order chi connectivity index (χ1) is 16.7. The van der Waals surface area contributed by atoms with Gasteiger partial charge in [0.05, 0.1) is 18.9 Å². The lowest BCUT2D eigenvalue weighted by Gasteiger charge is -2.30. The Morgan fingerprint density at radius 3 is 2.69 bits per heavy atom. The molecule has 0 bridgehead atoms. The average molecular weight is 486 g/mol. The molecule has 0 saturated carbocycles. The van der Waals surface area contributed by atoms with Gasteiger partial charge in [-0.2, -0.15) is 10.1 Å². The van der Waals surface area contributed by atoms with E-state index in [9.17, 15) is 18.4 Å². The zero-order chi connectivity index (χ0) is 24.9. The van der Waals surface area contributed by atoms with Crippen molar-refractivity contribution in [1.29, 1.82) is 0 Å². The van der Waals surface area contributed by atoms with E-state index in [4.69, 9.17) is 9.47 Å². The van der Waals surface area contributed by atoms with Gasteiger partial charge >= 0.3 is 5.69 Å². The molecule has 2 aromatic heterocycles. The number of carbonyl (C=O) groups is 1. The minimum absolute atomic E-state index is 0.00464. The van der Waals surface area contributed by atoms with Crippen molar-refractivity contribution >= 4 is 11.7 Å². The minimum Gasteiger partial charge on any atom is -0.473 e. The highest BCUT2D eigenvalue weighted by Gasteiger charge is 2.55. The molecule has 1 fully saturated rings. The van der Waals surface area contributed by atoms with Crippen LogP contribution in [-0.2, 0) is 25.0 Å². The highest BCUT2D eigenvalue weighted by molar-refractivity contribution is 5.91. The summed E-state index contributed by atoms with van der Waals surface area (Å²) in [5, 5.41) is 6.60. The quantitative estimate of drug-likeness (QED) is 0.568. The van der Waals surface area contributed by atoms with Crippen molar-refractivity contribution in [2.75, 3.05) is 18.5 Å². The molecule has 184 valence electrons. The van der Waals surface area contributed by atoms with Crippen LogP contribution in [0.1, 0.15) is 18.9 Å². The van der Waals surface area contributed by atoms with Crippen molar-refractivity contribution in [3.05, 3.63) is 58.3 Å². The molecule has 1 N–H and O–H groups in total. The fourth-order valence-electron chi connectivity index (χ4n) is 4.92. The van der Waals surface area contributed by atoms with Gasteiger partial charge in [-0.25, -0.2) is 13.6 Å². The predicted octanol–water partition coefficient (Wildman–Crippen LogP) is 1.97. The molecule has 4 heterocycles. The summed E-state index contributed by atoms with van der Waals surface area (Å²) >= 11 is 0. The number of likely N-dealkylation sites (N-methyl/N-ethyl adjacent to an activating group) is 1. The number of hydrogen-bond acceptors (Lipinski definition) is 7. The van der Waals surface area contributed by atoms with Crippen molar-refractivity contribution < 1.29 is 23.0 Å². The second-order valence-corrected chi connectivity index (χ2v) is 8.98. The molecule has 0 unspecified atom stereocenters. The van der Waals surface area contributed by atoms with Crippen LogP contribution in [0.25, 0.3) is 0 Å². The van der Waals surface area contributed by atoms with Crippen molar-refractivity contribution in [3.63, 3.8) is 0 Å². The van der Waals surface area contributed by atoms with Gasteiger partial charge in [0, 0.05) is 26.7 Å². The Morgan fingerprint density at radius 1 is 1.29 bits per heavy atom. The molecule has 2 aliphatic heterocycles. The van der Waals surface area contributed by atoms with Crippen LogP contribution in [0.3, 0.4) is 0 Å². The highest BCUT2D eigenvalue weighted by Crippen LogP contribution is 2.43. The zero-order valence-corrected chi connectivity index (χ0v) is 19.4. The molecule has 10 nitrogen and oxygen atoms in total. The Labute approximate surface area is 199 Å². The summed E-state index contributed by atoms with van der Waals surface area (Å²) in [6, 6.07) is 3.76. The van der Waals surface area contributed by atoms with E-state index < -0.39 is 28.6 Å². The lowest BCUT2D eigenvalue weighted by Crippen LogP contribution is -2.53. The van der Waals surface area contributed by atoms with Gasteiger partial charge in [-0.05, 0) is 30.0 Å². The monoisotopic (exact) mass is 486 g/mol. The fourth-order valence-corrected chi connectivity index (χ4v) is 4.92. The molecule has 1 aromatic carbocycles. The number of halogens is 2. The molecule has 3 aromatic rings. The Morgan fingerprint density at radius 2 is 2.03 bits per heavy atom. The van der Waals surface area contributed by atoms with Crippen molar-refractivity contribution in [1.82, 2.24) is 24.6 Å². The molecule has 5 rings (SSSR count). The average Bonchev–Trinajstić information content (AvgIpc) is 3.46. The Hall–Kier alpha value is -3.96. The summed E-state index contributed by atoms with van der Waals surface area (Å²) in [7, 11) is 3.23.